The zero-order chi connectivity index (χ0) is 28.0. The standard InChI is InChI=1S/C22H26N4O11S/c27-19(23-5-7-36-12-20(28)29)11-35-8-6-24-22(32)15-9-25-18(26-10-15)14-38(33,34)17-3-1-16(2-4-17)37-13-21(30)31/h1-4,9-10H,5-8,11-14H2,(H,23,27)(H,24,32)(H,28,29)(H,30,31). The van der Waals surface area contributed by atoms with E-state index in [0.717, 1.165) is 0 Å². The van der Waals surface area contributed by atoms with E-state index >= 15 is 0 Å². The number of ether oxygens (including phenoxy) is 3. The van der Waals surface area contributed by atoms with Gasteiger partial charge in [-0.2, -0.15) is 0 Å². The first-order valence-electron chi connectivity index (χ1n) is 11.0. The van der Waals surface area contributed by atoms with Gasteiger partial charge in [-0.15, -0.1) is 0 Å². The Balaban J connectivity index is 1.71. The van der Waals surface area contributed by atoms with Crippen molar-refractivity contribution in [2.45, 2.75) is 10.6 Å². The number of sulfone groups is 1. The molecule has 15 nitrogen and oxygen atoms in total. The molecule has 16 heteroatoms. The summed E-state index contributed by atoms with van der Waals surface area (Å²) >= 11 is 0. The third-order valence-corrected chi connectivity index (χ3v) is 6.02. The molecule has 0 spiro atoms. The van der Waals surface area contributed by atoms with Crippen LogP contribution in [0.1, 0.15) is 16.2 Å². The van der Waals surface area contributed by atoms with Crippen molar-refractivity contribution < 1.29 is 52.0 Å². The van der Waals surface area contributed by atoms with E-state index in [9.17, 15) is 27.6 Å². The topological polar surface area (TPSA) is 220 Å². The summed E-state index contributed by atoms with van der Waals surface area (Å²) in [5, 5.41) is 22.0. The minimum atomic E-state index is -3.81. The number of carbonyl (C=O) groups is 4. The first kappa shape index (κ1) is 30.1. The van der Waals surface area contributed by atoms with Gasteiger partial charge in [-0.25, -0.2) is 28.0 Å². The number of amides is 2. The average Bonchev–Trinajstić information content (AvgIpc) is 2.87. The molecule has 0 aliphatic carbocycles. The summed E-state index contributed by atoms with van der Waals surface area (Å²) in [6.45, 7) is -0.998. The van der Waals surface area contributed by atoms with E-state index < -0.39 is 52.6 Å². The van der Waals surface area contributed by atoms with Crippen LogP contribution >= 0.6 is 0 Å². The fourth-order valence-electron chi connectivity index (χ4n) is 2.66. The molecule has 1 heterocycles. The van der Waals surface area contributed by atoms with Crippen molar-refractivity contribution in [3.8, 4) is 5.75 Å². The first-order chi connectivity index (χ1) is 18.1. The molecule has 38 heavy (non-hydrogen) atoms. The number of nitrogens with zero attached hydrogens (tertiary/aromatic N) is 2. The fourth-order valence-corrected chi connectivity index (χ4v) is 3.87. The predicted octanol–water partition coefficient (Wildman–Crippen LogP) is -1.12. The number of carbonyl (C=O) groups excluding carboxylic acids is 2. The van der Waals surface area contributed by atoms with Gasteiger partial charge in [-0.1, -0.05) is 0 Å². The Morgan fingerprint density at radius 3 is 2.00 bits per heavy atom. The van der Waals surface area contributed by atoms with Gasteiger partial charge in [0.15, 0.2) is 16.4 Å². The van der Waals surface area contributed by atoms with Gasteiger partial charge in [0.25, 0.3) is 5.91 Å². The molecule has 0 radical (unpaired) electrons. The molecule has 0 aliphatic heterocycles. The number of aliphatic carboxylic acids is 2. The van der Waals surface area contributed by atoms with E-state index in [0.29, 0.717) is 0 Å². The van der Waals surface area contributed by atoms with Crippen LogP contribution in [0.25, 0.3) is 0 Å². The van der Waals surface area contributed by atoms with Gasteiger partial charge in [-0.3, -0.25) is 9.59 Å². The predicted molar refractivity (Wildman–Crippen MR) is 127 cm³/mol. The first-order valence-corrected chi connectivity index (χ1v) is 12.6. The summed E-state index contributed by atoms with van der Waals surface area (Å²) < 4.78 is 40.1. The van der Waals surface area contributed by atoms with Crippen LogP contribution in [0.4, 0.5) is 0 Å². The van der Waals surface area contributed by atoms with Crippen LogP contribution < -0.4 is 15.4 Å². The molecule has 0 atom stereocenters. The SMILES string of the molecule is O=C(O)COCCNC(=O)COCCNC(=O)c1cnc(CS(=O)(=O)c2ccc(OCC(=O)O)cc2)nc1. The maximum Gasteiger partial charge on any atom is 0.341 e. The third kappa shape index (κ3) is 11.3. The number of aromatic nitrogens is 2. The highest BCUT2D eigenvalue weighted by atomic mass is 32.2. The van der Waals surface area contributed by atoms with Crippen molar-refractivity contribution >= 4 is 33.6 Å². The number of hydrogen-bond acceptors (Lipinski definition) is 11. The van der Waals surface area contributed by atoms with Crippen LogP contribution in [0.15, 0.2) is 41.6 Å². The molecule has 2 amide bonds. The van der Waals surface area contributed by atoms with E-state index in [1.807, 2.05) is 0 Å². The molecule has 4 N–H and O–H groups in total. The second-order valence-corrected chi connectivity index (χ2v) is 9.40. The number of benzene rings is 1. The van der Waals surface area contributed by atoms with Crippen molar-refractivity contribution in [2.24, 2.45) is 0 Å². The van der Waals surface area contributed by atoms with Gasteiger partial charge in [0, 0.05) is 25.5 Å². The minimum Gasteiger partial charge on any atom is -0.482 e. The number of nitrogens with one attached hydrogen (secondary N) is 2. The summed E-state index contributed by atoms with van der Waals surface area (Å²) in [7, 11) is -3.81. The van der Waals surface area contributed by atoms with Crippen LogP contribution in [0.2, 0.25) is 0 Å². The highest BCUT2D eigenvalue weighted by molar-refractivity contribution is 7.90. The molecular weight excluding hydrogens is 528 g/mol. The van der Waals surface area contributed by atoms with Gasteiger partial charge < -0.3 is 35.1 Å². The Hall–Kier alpha value is -4.15. The van der Waals surface area contributed by atoms with Crippen LogP contribution in [0.5, 0.6) is 5.75 Å². The van der Waals surface area contributed by atoms with E-state index in [1.165, 1.54) is 36.7 Å². The molecule has 1 aromatic carbocycles. The zero-order valence-corrected chi connectivity index (χ0v) is 20.8. The van der Waals surface area contributed by atoms with Crippen molar-refractivity contribution in [3.05, 3.63) is 48.0 Å². The lowest BCUT2D eigenvalue weighted by atomic mass is 10.3. The highest BCUT2D eigenvalue weighted by Crippen LogP contribution is 2.19. The highest BCUT2D eigenvalue weighted by Gasteiger charge is 2.18. The van der Waals surface area contributed by atoms with E-state index in [-0.39, 0.29) is 54.9 Å². The minimum absolute atomic E-state index is 0.0320. The van der Waals surface area contributed by atoms with E-state index in [1.54, 1.807) is 0 Å². The molecule has 0 aliphatic rings. The molecule has 0 saturated heterocycles. The van der Waals surface area contributed by atoms with Crippen LogP contribution in [0.3, 0.4) is 0 Å². The Morgan fingerprint density at radius 2 is 1.39 bits per heavy atom. The van der Waals surface area contributed by atoms with Crippen LogP contribution in [-0.4, -0.2) is 98.5 Å². The molecule has 0 bridgehead atoms. The maximum atomic E-state index is 12.6. The summed E-state index contributed by atoms with van der Waals surface area (Å²) in [5.41, 5.74) is 0.0881. The van der Waals surface area contributed by atoms with Crippen molar-refractivity contribution in [1.29, 1.82) is 0 Å². The molecule has 0 saturated carbocycles. The van der Waals surface area contributed by atoms with Gasteiger partial charge in [0.05, 0.1) is 23.7 Å². The number of hydrogen-bond donors (Lipinski definition) is 4. The fraction of sp³-hybridized carbons (Fsp3) is 0.364. The largest absolute Gasteiger partial charge is 0.482 e. The second kappa shape index (κ2) is 15.2. The van der Waals surface area contributed by atoms with Crippen molar-refractivity contribution in [2.75, 3.05) is 46.1 Å². The summed E-state index contributed by atoms with van der Waals surface area (Å²) in [5.74, 6) is -3.59. The third-order valence-electron chi connectivity index (χ3n) is 4.39. The monoisotopic (exact) mass is 554 g/mol. The van der Waals surface area contributed by atoms with Gasteiger partial charge in [0.1, 0.15) is 30.5 Å². The summed E-state index contributed by atoms with van der Waals surface area (Å²) in [6, 6.07) is 5.22. The molecule has 2 aromatic rings. The van der Waals surface area contributed by atoms with Gasteiger partial charge in [0.2, 0.25) is 5.91 Å². The summed E-state index contributed by atoms with van der Waals surface area (Å²) in [4.78, 5) is 52.4. The maximum absolute atomic E-state index is 12.6. The quantitative estimate of drug-likeness (QED) is 0.170. The Morgan fingerprint density at radius 1 is 0.816 bits per heavy atom. The lowest BCUT2D eigenvalue weighted by Crippen LogP contribution is -2.33. The zero-order valence-electron chi connectivity index (χ0n) is 20.0. The summed E-state index contributed by atoms with van der Waals surface area (Å²) in [6.07, 6.45) is 2.35. The lowest BCUT2D eigenvalue weighted by molar-refractivity contribution is -0.142. The lowest BCUT2D eigenvalue weighted by Gasteiger charge is -2.08. The molecule has 0 unspecified atom stereocenters. The normalized spacial score (nSPS) is 10.9. The molecule has 2 rings (SSSR count). The molecule has 1 aromatic heterocycles. The van der Waals surface area contributed by atoms with E-state index in [2.05, 4.69) is 20.6 Å². The number of carboxylic acid groups (broad SMARTS) is 2. The van der Waals surface area contributed by atoms with Crippen molar-refractivity contribution in [3.63, 3.8) is 0 Å². The number of rotatable bonds is 17. The second-order valence-electron chi connectivity index (χ2n) is 7.41. The Kier molecular flexibility index (Phi) is 12.0. The van der Waals surface area contributed by atoms with Gasteiger partial charge in [-0.05, 0) is 24.3 Å². The van der Waals surface area contributed by atoms with Crippen molar-refractivity contribution in [1.82, 2.24) is 20.6 Å². The van der Waals surface area contributed by atoms with Gasteiger partial charge >= 0.3 is 11.9 Å². The molecular formula is C22H26N4O11S. The van der Waals surface area contributed by atoms with Crippen LogP contribution in [-0.2, 0) is 39.4 Å². The van der Waals surface area contributed by atoms with E-state index in [4.69, 9.17) is 24.4 Å². The number of carboxylic acids is 2. The smallest absolute Gasteiger partial charge is 0.341 e. The Bertz CT molecular complexity index is 1200. The molecule has 206 valence electrons. The molecule has 0 fully saturated rings. The average molecular weight is 555 g/mol. The van der Waals surface area contributed by atoms with Crippen LogP contribution in [0, 0.1) is 0 Å². The Labute approximate surface area is 217 Å².